The van der Waals surface area contributed by atoms with Crippen LogP contribution in [0.4, 0.5) is 17.3 Å². The molecule has 5 nitrogen and oxygen atoms in total. The number of aromatic nitrogens is 2. The number of nitrogens with one attached hydrogen (secondary N) is 2. The minimum absolute atomic E-state index is 0.223. The molecule has 0 unspecified atom stereocenters. The summed E-state index contributed by atoms with van der Waals surface area (Å²) in [5.41, 5.74) is 2.42. The lowest BCUT2D eigenvalue weighted by molar-refractivity contribution is 0.102. The van der Waals surface area contributed by atoms with Gasteiger partial charge in [0, 0.05) is 16.9 Å². The molecule has 2 N–H and O–H groups in total. The minimum Gasteiger partial charge on any atom is -0.323 e. The van der Waals surface area contributed by atoms with Gasteiger partial charge >= 0.3 is 0 Å². The smallest absolute Gasteiger partial charge is 0.274 e. The van der Waals surface area contributed by atoms with Crippen molar-refractivity contribution in [2.75, 3.05) is 10.6 Å². The van der Waals surface area contributed by atoms with Crippen molar-refractivity contribution < 1.29 is 4.79 Å². The van der Waals surface area contributed by atoms with Crippen LogP contribution in [0.2, 0.25) is 10.0 Å². The zero-order valence-corrected chi connectivity index (χ0v) is 14.8. The van der Waals surface area contributed by atoms with Crippen molar-refractivity contribution in [1.82, 2.24) is 9.97 Å². The number of carbonyl (C=O) groups excluding carboxylic acids is 1. The molecular formula is C18H14Cl2N4O. The standard InChI is InChI=1S/C18H14Cl2N4O/c1-11-6-7-12(10-14(11)20)22-17(25)16-8-9-21-18(24-16)23-15-5-3-2-4-13(15)19/h2-10H,1H3,(H,22,25)(H,21,23,24). The number of carbonyl (C=O) groups is 1. The van der Waals surface area contributed by atoms with Gasteiger partial charge < -0.3 is 10.6 Å². The van der Waals surface area contributed by atoms with Crippen molar-refractivity contribution in [1.29, 1.82) is 0 Å². The number of halogens is 2. The number of aryl methyl sites for hydroxylation is 1. The van der Waals surface area contributed by atoms with E-state index in [0.29, 0.717) is 21.4 Å². The number of anilines is 3. The van der Waals surface area contributed by atoms with Crippen LogP contribution in [0.1, 0.15) is 16.1 Å². The highest BCUT2D eigenvalue weighted by atomic mass is 35.5. The number of nitrogens with zero attached hydrogens (tertiary/aromatic N) is 2. The third-order valence-corrected chi connectivity index (χ3v) is 4.18. The summed E-state index contributed by atoms with van der Waals surface area (Å²) >= 11 is 12.2. The Morgan fingerprint density at radius 1 is 1.04 bits per heavy atom. The molecule has 0 fully saturated rings. The maximum absolute atomic E-state index is 12.4. The van der Waals surface area contributed by atoms with Gasteiger partial charge in [0.15, 0.2) is 0 Å². The van der Waals surface area contributed by atoms with E-state index in [1.807, 2.05) is 25.1 Å². The lowest BCUT2D eigenvalue weighted by atomic mass is 10.2. The second-order valence-electron chi connectivity index (χ2n) is 5.29. The zero-order chi connectivity index (χ0) is 17.8. The van der Waals surface area contributed by atoms with Crippen LogP contribution < -0.4 is 10.6 Å². The molecule has 0 radical (unpaired) electrons. The molecule has 25 heavy (non-hydrogen) atoms. The van der Waals surface area contributed by atoms with Crippen molar-refractivity contribution in [2.24, 2.45) is 0 Å². The molecule has 0 atom stereocenters. The second-order valence-corrected chi connectivity index (χ2v) is 6.10. The first-order chi connectivity index (χ1) is 12.0. The van der Waals surface area contributed by atoms with Crippen LogP contribution in [-0.2, 0) is 0 Å². The molecule has 0 saturated carbocycles. The molecule has 1 heterocycles. The summed E-state index contributed by atoms with van der Waals surface area (Å²) in [5, 5.41) is 6.88. The molecule has 2 aromatic carbocycles. The largest absolute Gasteiger partial charge is 0.323 e. The molecule has 0 aliphatic rings. The highest BCUT2D eigenvalue weighted by molar-refractivity contribution is 6.33. The van der Waals surface area contributed by atoms with Crippen LogP contribution in [0.15, 0.2) is 54.7 Å². The Balaban J connectivity index is 1.77. The van der Waals surface area contributed by atoms with Crippen LogP contribution in [0.25, 0.3) is 0 Å². The lowest BCUT2D eigenvalue weighted by Gasteiger charge is -2.09. The SMILES string of the molecule is Cc1ccc(NC(=O)c2ccnc(Nc3ccccc3Cl)n2)cc1Cl. The lowest BCUT2D eigenvalue weighted by Crippen LogP contribution is -2.14. The molecule has 0 spiro atoms. The number of hydrogen-bond acceptors (Lipinski definition) is 4. The molecule has 126 valence electrons. The molecular weight excluding hydrogens is 359 g/mol. The highest BCUT2D eigenvalue weighted by Gasteiger charge is 2.11. The second kappa shape index (κ2) is 7.51. The Labute approximate surface area is 155 Å². The average molecular weight is 373 g/mol. The number of hydrogen-bond donors (Lipinski definition) is 2. The maximum atomic E-state index is 12.4. The Bertz CT molecular complexity index is 930. The van der Waals surface area contributed by atoms with E-state index in [1.54, 1.807) is 24.3 Å². The summed E-state index contributed by atoms with van der Waals surface area (Å²) in [6, 6.07) is 14.1. The van der Waals surface area contributed by atoms with Crippen molar-refractivity contribution in [3.63, 3.8) is 0 Å². The van der Waals surface area contributed by atoms with Gasteiger partial charge in [-0.2, -0.15) is 0 Å². The highest BCUT2D eigenvalue weighted by Crippen LogP contribution is 2.23. The van der Waals surface area contributed by atoms with Crippen LogP contribution in [0.5, 0.6) is 0 Å². The van der Waals surface area contributed by atoms with E-state index in [-0.39, 0.29) is 17.5 Å². The van der Waals surface area contributed by atoms with Gasteiger partial charge in [-0.25, -0.2) is 9.97 Å². The summed E-state index contributed by atoms with van der Waals surface area (Å²) in [5.74, 6) is -0.0767. The molecule has 0 aliphatic heterocycles. The number of rotatable bonds is 4. The molecule has 0 bridgehead atoms. The van der Waals surface area contributed by atoms with Gasteiger partial charge in [-0.05, 0) is 42.8 Å². The summed E-state index contributed by atoms with van der Waals surface area (Å²) in [7, 11) is 0. The fourth-order valence-corrected chi connectivity index (χ4v) is 2.46. The van der Waals surface area contributed by atoms with Crippen molar-refractivity contribution in [3.05, 3.63) is 76.0 Å². The number of para-hydroxylation sites is 1. The van der Waals surface area contributed by atoms with Crippen molar-refractivity contribution >= 4 is 46.4 Å². The predicted octanol–water partition coefficient (Wildman–Crippen LogP) is 5.09. The van der Waals surface area contributed by atoms with Crippen molar-refractivity contribution in [3.8, 4) is 0 Å². The molecule has 0 aliphatic carbocycles. The van der Waals surface area contributed by atoms with Gasteiger partial charge in [-0.3, -0.25) is 4.79 Å². The molecule has 1 amide bonds. The Hall–Kier alpha value is -2.63. The monoisotopic (exact) mass is 372 g/mol. The topological polar surface area (TPSA) is 66.9 Å². The van der Waals surface area contributed by atoms with Gasteiger partial charge in [-0.15, -0.1) is 0 Å². The van der Waals surface area contributed by atoms with Crippen LogP contribution in [0.3, 0.4) is 0 Å². The maximum Gasteiger partial charge on any atom is 0.274 e. The minimum atomic E-state index is -0.357. The van der Waals surface area contributed by atoms with Crippen LogP contribution >= 0.6 is 23.2 Å². The van der Waals surface area contributed by atoms with E-state index < -0.39 is 0 Å². The summed E-state index contributed by atoms with van der Waals surface area (Å²) in [4.78, 5) is 20.7. The van der Waals surface area contributed by atoms with Crippen LogP contribution in [-0.4, -0.2) is 15.9 Å². The summed E-state index contributed by atoms with van der Waals surface area (Å²) < 4.78 is 0. The Morgan fingerprint density at radius 3 is 2.60 bits per heavy atom. The normalized spacial score (nSPS) is 10.4. The fraction of sp³-hybridized carbons (Fsp3) is 0.0556. The Kier molecular flexibility index (Phi) is 5.16. The van der Waals surface area contributed by atoms with E-state index in [2.05, 4.69) is 20.6 Å². The number of benzene rings is 2. The fourth-order valence-electron chi connectivity index (χ4n) is 2.09. The molecule has 1 aromatic heterocycles. The van der Waals surface area contributed by atoms with Crippen molar-refractivity contribution in [2.45, 2.75) is 6.92 Å². The summed E-state index contributed by atoms with van der Waals surface area (Å²) in [6.45, 7) is 1.89. The van der Waals surface area contributed by atoms with Gasteiger partial charge in [0.2, 0.25) is 5.95 Å². The summed E-state index contributed by atoms with van der Waals surface area (Å²) in [6.07, 6.45) is 1.50. The zero-order valence-electron chi connectivity index (χ0n) is 13.3. The third-order valence-electron chi connectivity index (χ3n) is 3.44. The average Bonchev–Trinajstić information content (AvgIpc) is 2.60. The molecule has 3 rings (SSSR count). The first-order valence-corrected chi connectivity index (χ1v) is 8.20. The first kappa shape index (κ1) is 17.2. The van der Waals surface area contributed by atoms with E-state index in [1.165, 1.54) is 12.3 Å². The van der Waals surface area contributed by atoms with E-state index >= 15 is 0 Å². The molecule has 3 aromatic rings. The van der Waals surface area contributed by atoms with E-state index in [4.69, 9.17) is 23.2 Å². The van der Waals surface area contributed by atoms with Gasteiger partial charge in [0.25, 0.3) is 5.91 Å². The van der Waals surface area contributed by atoms with Gasteiger partial charge in [0.05, 0.1) is 10.7 Å². The van der Waals surface area contributed by atoms with Gasteiger partial charge in [0.1, 0.15) is 5.69 Å². The van der Waals surface area contributed by atoms with Gasteiger partial charge in [-0.1, -0.05) is 41.4 Å². The predicted molar refractivity (Wildman–Crippen MR) is 101 cm³/mol. The van der Waals surface area contributed by atoms with Crippen LogP contribution in [0, 0.1) is 6.92 Å². The van der Waals surface area contributed by atoms with E-state index in [0.717, 1.165) is 5.56 Å². The molecule has 7 heteroatoms. The Morgan fingerprint density at radius 2 is 1.84 bits per heavy atom. The van der Waals surface area contributed by atoms with E-state index in [9.17, 15) is 4.79 Å². The third kappa shape index (κ3) is 4.26. The first-order valence-electron chi connectivity index (χ1n) is 7.45. The molecule has 0 saturated heterocycles. The quantitative estimate of drug-likeness (QED) is 0.669. The number of amides is 1.